The van der Waals surface area contributed by atoms with Gasteiger partial charge in [-0.05, 0) is 20.8 Å². The normalized spacial score (nSPS) is 12.3. The Hall–Kier alpha value is -0.880. The van der Waals surface area contributed by atoms with Gasteiger partial charge < -0.3 is 4.74 Å². The Balaban J connectivity index is 4.37. The molecule has 0 aliphatic heterocycles. The fourth-order valence-corrected chi connectivity index (χ4v) is 1.19. The van der Waals surface area contributed by atoms with Crippen LogP contribution in [0.1, 0.15) is 20.8 Å². The summed E-state index contributed by atoms with van der Waals surface area (Å²) < 4.78 is 34.1. The van der Waals surface area contributed by atoms with Gasteiger partial charge in [-0.25, -0.2) is 4.79 Å². The average molecular weight is 222 g/mol. The van der Waals surface area contributed by atoms with Gasteiger partial charge in [0.1, 0.15) is 11.4 Å². The molecule has 6 heteroatoms. The highest BCUT2D eigenvalue weighted by molar-refractivity contribution is 7.86. The molecule has 0 aliphatic rings. The van der Waals surface area contributed by atoms with Gasteiger partial charge in [0.2, 0.25) is 0 Å². The summed E-state index contributed by atoms with van der Waals surface area (Å²) in [5.74, 6) is -1.63. The van der Waals surface area contributed by atoms with Crippen molar-refractivity contribution < 1.29 is 22.5 Å². The molecule has 0 atom stereocenters. The van der Waals surface area contributed by atoms with Gasteiger partial charge in [0, 0.05) is 5.57 Å². The molecule has 82 valence electrons. The van der Waals surface area contributed by atoms with E-state index in [-0.39, 0.29) is 5.57 Å². The summed E-state index contributed by atoms with van der Waals surface area (Å²) in [6.45, 7) is 8.14. The van der Waals surface area contributed by atoms with Gasteiger partial charge >= 0.3 is 5.97 Å². The van der Waals surface area contributed by atoms with Crippen molar-refractivity contribution in [2.75, 3.05) is 5.75 Å². The van der Waals surface area contributed by atoms with Crippen LogP contribution in [0, 0.1) is 0 Å². The summed E-state index contributed by atoms with van der Waals surface area (Å²) in [5, 5.41) is 0. The molecular formula is C8H14O5S. The van der Waals surface area contributed by atoms with Crippen molar-refractivity contribution in [3.05, 3.63) is 12.2 Å². The highest BCUT2D eigenvalue weighted by atomic mass is 32.2. The first kappa shape index (κ1) is 13.1. The summed E-state index contributed by atoms with van der Waals surface area (Å²) in [6.07, 6.45) is 0. The first-order chi connectivity index (χ1) is 6.01. The van der Waals surface area contributed by atoms with Crippen LogP contribution in [-0.4, -0.2) is 30.3 Å². The molecule has 0 spiro atoms. The van der Waals surface area contributed by atoms with E-state index in [4.69, 9.17) is 9.29 Å². The molecule has 14 heavy (non-hydrogen) atoms. The van der Waals surface area contributed by atoms with E-state index in [1.54, 1.807) is 20.8 Å². The van der Waals surface area contributed by atoms with E-state index in [9.17, 15) is 13.2 Å². The lowest BCUT2D eigenvalue weighted by Crippen LogP contribution is -2.26. The van der Waals surface area contributed by atoms with Crippen LogP contribution in [-0.2, 0) is 19.6 Å². The van der Waals surface area contributed by atoms with Crippen LogP contribution >= 0.6 is 0 Å². The minimum absolute atomic E-state index is 0.289. The van der Waals surface area contributed by atoms with Gasteiger partial charge in [0.05, 0.1) is 0 Å². The van der Waals surface area contributed by atoms with E-state index in [1.165, 1.54) is 0 Å². The Labute approximate surface area is 83.5 Å². The van der Waals surface area contributed by atoms with Gasteiger partial charge in [0.15, 0.2) is 0 Å². The number of carbonyl (C=O) groups excluding carboxylic acids is 1. The topological polar surface area (TPSA) is 80.7 Å². The van der Waals surface area contributed by atoms with Gasteiger partial charge in [-0.3, -0.25) is 4.55 Å². The highest BCUT2D eigenvalue weighted by Crippen LogP contribution is 2.10. The molecule has 0 amide bonds. The van der Waals surface area contributed by atoms with Crippen molar-refractivity contribution in [3.8, 4) is 0 Å². The van der Waals surface area contributed by atoms with E-state index in [2.05, 4.69) is 6.58 Å². The molecular weight excluding hydrogens is 208 g/mol. The number of ether oxygens (including phenoxy) is 1. The Morgan fingerprint density at radius 3 is 2.14 bits per heavy atom. The van der Waals surface area contributed by atoms with Gasteiger partial charge in [-0.2, -0.15) is 8.42 Å². The van der Waals surface area contributed by atoms with E-state index >= 15 is 0 Å². The standard InChI is InChI=1S/C8H14O5S/c1-6(5-14(10,11)12)7(9)13-8(2,3)4/h1,5H2,2-4H3,(H,10,11,12). The van der Waals surface area contributed by atoms with E-state index in [0.717, 1.165) is 0 Å². The summed E-state index contributed by atoms with van der Waals surface area (Å²) >= 11 is 0. The molecule has 0 aliphatic carbocycles. The van der Waals surface area contributed by atoms with Crippen LogP contribution in [0.2, 0.25) is 0 Å². The molecule has 0 saturated heterocycles. The second-order valence-electron chi connectivity index (χ2n) is 3.83. The largest absolute Gasteiger partial charge is 0.457 e. The number of hydrogen-bond donors (Lipinski definition) is 1. The van der Waals surface area contributed by atoms with Gasteiger partial charge in [0.25, 0.3) is 10.1 Å². The zero-order valence-corrected chi connectivity index (χ0v) is 9.22. The fraction of sp³-hybridized carbons (Fsp3) is 0.625. The molecule has 5 nitrogen and oxygen atoms in total. The highest BCUT2D eigenvalue weighted by Gasteiger charge is 2.21. The smallest absolute Gasteiger partial charge is 0.335 e. The molecule has 0 unspecified atom stereocenters. The molecule has 0 fully saturated rings. The number of esters is 1. The van der Waals surface area contributed by atoms with Crippen molar-refractivity contribution in [1.29, 1.82) is 0 Å². The second-order valence-corrected chi connectivity index (χ2v) is 5.28. The van der Waals surface area contributed by atoms with E-state index < -0.39 is 27.4 Å². The first-order valence-corrected chi connectivity index (χ1v) is 5.48. The van der Waals surface area contributed by atoms with Crippen molar-refractivity contribution in [2.45, 2.75) is 26.4 Å². The second kappa shape index (κ2) is 4.10. The molecule has 0 bridgehead atoms. The minimum atomic E-state index is -4.22. The quantitative estimate of drug-likeness (QED) is 0.433. The molecule has 0 aromatic rings. The van der Waals surface area contributed by atoms with Gasteiger partial charge in [-0.1, -0.05) is 6.58 Å². The first-order valence-electron chi connectivity index (χ1n) is 3.87. The van der Waals surface area contributed by atoms with Crippen LogP contribution < -0.4 is 0 Å². The fourth-order valence-electron chi connectivity index (χ4n) is 0.629. The third-order valence-electron chi connectivity index (χ3n) is 1.04. The number of carbonyl (C=O) groups is 1. The predicted octanol–water partition coefficient (Wildman–Crippen LogP) is 0.772. The monoisotopic (exact) mass is 222 g/mol. The third kappa shape index (κ3) is 6.62. The Bertz CT molecular complexity index is 333. The van der Waals surface area contributed by atoms with Crippen molar-refractivity contribution in [1.82, 2.24) is 0 Å². The van der Waals surface area contributed by atoms with Crippen LogP contribution in [0.25, 0.3) is 0 Å². The molecule has 0 heterocycles. The Morgan fingerprint density at radius 2 is 1.86 bits per heavy atom. The zero-order valence-electron chi connectivity index (χ0n) is 8.40. The summed E-state index contributed by atoms with van der Waals surface area (Å²) in [7, 11) is -4.22. The van der Waals surface area contributed by atoms with Crippen LogP contribution in [0.3, 0.4) is 0 Å². The Kier molecular flexibility index (Phi) is 3.84. The molecule has 0 rings (SSSR count). The summed E-state index contributed by atoms with van der Waals surface area (Å²) in [4.78, 5) is 11.1. The molecule has 0 aromatic carbocycles. The molecule has 0 radical (unpaired) electrons. The summed E-state index contributed by atoms with van der Waals surface area (Å²) in [5.41, 5.74) is -0.999. The van der Waals surface area contributed by atoms with Gasteiger partial charge in [-0.15, -0.1) is 0 Å². The maximum absolute atomic E-state index is 11.1. The van der Waals surface area contributed by atoms with Crippen LogP contribution in [0.5, 0.6) is 0 Å². The van der Waals surface area contributed by atoms with Crippen molar-refractivity contribution in [2.24, 2.45) is 0 Å². The van der Waals surface area contributed by atoms with E-state index in [1.807, 2.05) is 0 Å². The molecule has 0 saturated carbocycles. The maximum Gasteiger partial charge on any atom is 0.335 e. The van der Waals surface area contributed by atoms with E-state index in [0.29, 0.717) is 0 Å². The summed E-state index contributed by atoms with van der Waals surface area (Å²) in [6, 6.07) is 0. The third-order valence-corrected chi connectivity index (χ3v) is 1.76. The number of rotatable bonds is 3. The minimum Gasteiger partial charge on any atom is -0.457 e. The lowest BCUT2D eigenvalue weighted by atomic mass is 10.2. The molecule has 0 aromatic heterocycles. The lowest BCUT2D eigenvalue weighted by molar-refractivity contribution is -0.149. The zero-order chi connectivity index (χ0) is 11.6. The number of hydrogen-bond acceptors (Lipinski definition) is 4. The van der Waals surface area contributed by atoms with Crippen molar-refractivity contribution in [3.63, 3.8) is 0 Å². The average Bonchev–Trinajstić information content (AvgIpc) is 1.78. The van der Waals surface area contributed by atoms with Crippen molar-refractivity contribution >= 4 is 16.1 Å². The van der Waals surface area contributed by atoms with Crippen LogP contribution in [0.15, 0.2) is 12.2 Å². The SMILES string of the molecule is C=C(CS(=O)(=O)O)C(=O)OC(C)(C)C. The lowest BCUT2D eigenvalue weighted by Gasteiger charge is -2.19. The van der Waals surface area contributed by atoms with Crippen LogP contribution in [0.4, 0.5) is 0 Å². The predicted molar refractivity (Wildman–Crippen MR) is 51.4 cm³/mol. The Morgan fingerprint density at radius 1 is 1.43 bits per heavy atom. The maximum atomic E-state index is 11.1. The molecule has 1 N–H and O–H groups in total.